The lowest BCUT2D eigenvalue weighted by molar-refractivity contribution is 0.458. The number of nitrogens with two attached hydrogens (primary N) is 1. The summed E-state index contributed by atoms with van der Waals surface area (Å²) in [4.78, 5) is 12.0. The van der Waals surface area contributed by atoms with Crippen LogP contribution in [0.25, 0.3) is 0 Å². The average Bonchev–Trinajstić information content (AvgIpc) is 2.88. The molecule has 2 rings (SSSR count). The van der Waals surface area contributed by atoms with Gasteiger partial charge in [-0.05, 0) is 44.9 Å². The van der Waals surface area contributed by atoms with E-state index in [-0.39, 0.29) is 0 Å². The summed E-state index contributed by atoms with van der Waals surface area (Å²) < 4.78 is 0. The van der Waals surface area contributed by atoms with Gasteiger partial charge in [0.05, 0.1) is 17.7 Å². The number of imidazole rings is 1. The third-order valence-electron chi connectivity index (χ3n) is 3.81. The number of hydrogen-bond acceptors (Lipinski definition) is 4. The maximum Gasteiger partial charge on any atom is 0.0925 e. The Hall–Kier alpha value is -1.72. The molecule has 0 aliphatic heterocycles. The van der Waals surface area contributed by atoms with Crippen LogP contribution < -0.4 is 11.1 Å². The first-order valence-corrected chi connectivity index (χ1v) is 7.53. The van der Waals surface area contributed by atoms with Gasteiger partial charge in [0, 0.05) is 30.9 Å². The van der Waals surface area contributed by atoms with Crippen molar-refractivity contribution in [2.75, 3.05) is 6.54 Å². The molecule has 0 aromatic carbocycles. The molecular weight excluding hydrogens is 262 g/mol. The molecule has 0 amide bonds. The molecule has 114 valence electrons. The van der Waals surface area contributed by atoms with E-state index in [9.17, 15) is 0 Å². The van der Waals surface area contributed by atoms with Crippen molar-refractivity contribution in [1.29, 1.82) is 0 Å². The lowest BCUT2D eigenvalue weighted by Gasteiger charge is -2.18. The quantitative estimate of drug-likeness (QED) is 0.692. The highest BCUT2D eigenvalue weighted by molar-refractivity contribution is 5.17. The van der Waals surface area contributed by atoms with Gasteiger partial charge < -0.3 is 16.0 Å². The smallest absolute Gasteiger partial charge is 0.0925 e. The van der Waals surface area contributed by atoms with Crippen LogP contribution in [0.4, 0.5) is 0 Å². The standard InChI is InChI=1S/C16H25N5/c1-12-5-4-8-18-16(12)10-19-14(6-3-7-17)9-15-13(2)20-11-21-15/h4-5,8,11,14,19H,3,6-7,9-10,17H2,1-2H3,(H,20,21). The van der Waals surface area contributed by atoms with Crippen molar-refractivity contribution in [3.8, 4) is 0 Å². The normalized spacial score (nSPS) is 12.5. The summed E-state index contributed by atoms with van der Waals surface area (Å²) in [5, 5.41) is 3.61. The van der Waals surface area contributed by atoms with Gasteiger partial charge in [-0.1, -0.05) is 6.07 Å². The molecule has 0 aliphatic rings. The van der Waals surface area contributed by atoms with Crippen molar-refractivity contribution < 1.29 is 0 Å². The Labute approximate surface area is 126 Å². The molecule has 1 atom stereocenters. The summed E-state index contributed by atoms with van der Waals surface area (Å²) in [6.45, 7) is 5.66. The molecule has 5 heteroatoms. The minimum Gasteiger partial charge on any atom is -0.348 e. The second-order valence-corrected chi connectivity index (χ2v) is 5.45. The monoisotopic (exact) mass is 287 g/mol. The molecule has 2 heterocycles. The van der Waals surface area contributed by atoms with Gasteiger partial charge in [-0.15, -0.1) is 0 Å². The molecule has 5 nitrogen and oxygen atoms in total. The Balaban J connectivity index is 1.96. The van der Waals surface area contributed by atoms with Crippen molar-refractivity contribution >= 4 is 0 Å². The zero-order valence-electron chi connectivity index (χ0n) is 12.9. The first kappa shape index (κ1) is 15.7. The van der Waals surface area contributed by atoms with E-state index in [2.05, 4.69) is 40.2 Å². The Bertz CT molecular complexity index is 549. The van der Waals surface area contributed by atoms with Crippen LogP contribution in [0.3, 0.4) is 0 Å². The van der Waals surface area contributed by atoms with Crippen molar-refractivity contribution in [1.82, 2.24) is 20.3 Å². The Morgan fingerprint density at radius 2 is 2.14 bits per heavy atom. The number of pyridine rings is 1. The van der Waals surface area contributed by atoms with Gasteiger partial charge in [-0.2, -0.15) is 0 Å². The molecule has 4 N–H and O–H groups in total. The molecule has 0 spiro atoms. The summed E-state index contributed by atoms with van der Waals surface area (Å²) in [6, 6.07) is 4.44. The van der Waals surface area contributed by atoms with Gasteiger partial charge in [0.15, 0.2) is 0 Å². The summed E-state index contributed by atoms with van der Waals surface area (Å²) >= 11 is 0. The first-order valence-electron chi connectivity index (χ1n) is 7.53. The predicted octanol–water partition coefficient (Wildman–Crippen LogP) is 1.86. The van der Waals surface area contributed by atoms with Crippen molar-refractivity contribution in [2.45, 2.75) is 45.7 Å². The van der Waals surface area contributed by atoms with E-state index >= 15 is 0 Å². The molecule has 2 aromatic rings. The van der Waals surface area contributed by atoms with E-state index in [1.54, 1.807) is 6.33 Å². The summed E-state index contributed by atoms with van der Waals surface area (Å²) in [7, 11) is 0. The molecule has 0 fully saturated rings. The van der Waals surface area contributed by atoms with E-state index in [4.69, 9.17) is 5.73 Å². The first-order chi connectivity index (χ1) is 10.2. The Morgan fingerprint density at radius 3 is 2.81 bits per heavy atom. The third kappa shape index (κ3) is 4.65. The van der Waals surface area contributed by atoms with Gasteiger partial charge in [-0.3, -0.25) is 4.98 Å². The molecule has 0 bridgehead atoms. The fourth-order valence-corrected chi connectivity index (χ4v) is 2.41. The number of nitrogens with one attached hydrogen (secondary N) is 2. The summed E-state index contributed by atoms with van der Waals surface area (Å²) in [5.74, 6) is 0. The topological polar surface area (TPSA) is 79.6 Å². The van der Waals surface area contributed by atoms with E-state index in [0.29, 0.717) is 6.04 Å². The van der Waals surface area contributed by atoms with Gasteiger partial charge >= 0.3 is 0 Å². The molecule has 21 heavy (non-hydrogen) atoms. The van der Waals surface area contributed by atoms with Crippen LogP contribution in [0.15, 0.2) is 24.7 Å². The van der Waals surface area contributed by atoms with Gasteiger partial charge in [0.25, 0.3) is 0 Å². The van der Waals surface area contributed by atoms with Crippen molar-refractivity contribution in [3.05, 3.63) is 47.3 Å². The number of nitrogens with zero attached hydrogens (tertiary/aromatic N) is 2. The highest BCUT2D eigenvalue weighted by atomic mass is 14.9. The summed E-state index contributed by atoms with van der Waals surface area (Å²) in [6.07, 6.45) is 6.59. The fraction of sp³-hybridized carbons (Fsp3) is 0.500. The Kier molecular flexibility index (Phi) is 5.90. The van der Waals surface area contributed by atoms with E-state index in [0.717, 1.165) is 49.4 Å². The number of hydrogen-bond donors (Lipinski definition) is 3. The van der Waals surface area contributed by atoms with Crippen LogP contribution in [0.1, 0.15) is 35.5 Å². The molecule has 0 saturated heterocycles. The lowest BCUT2D eigenvalue weighted by Crippen LogP contribution is -2.32. The van der Waals surface area contributed by atoms with Gasteiger partial charge in [0.2, 0.25) is 0 Å². The van der Waals surface area contributed by atoms with Crippen molar-refractivity contribution in [2.24, 2.45) is 5.73 Å². The van der Waals surface area contributed by atoms with E-state index in [1.165, 1.54) is 5.56 Å². The van der Waals surface area contributed by atoms with Crippen LogP contribution >= 0.6 is 0 Å². The fourth-order valence-electron chi connectivity index (χ4n) is 2.41. The molecule has 0 radical (unpaired) electrons. The van der Waals surface area contributed by atoms with Gasteiger partial charge in [-0.25, -0.2) is 4.98 Å². The highest BCUT2D eigenvalue weighted by Gasteiger charge is 2.13. The molecule has 1 unspecified atom stereocenters. The van der Waals surface area contributed by atoms with Crippen LogP contribution in [0.2, 0.25) is 0 Å². The minimum atomic E-state index is 0.372. The minimum absolute atomic E-state index is 0.372. The molecule has 2 aromatic heterocycles. The van der Waals surface area contributed by atoms with Crippen LogP contribution in [-0.2, 0) is 13.0 Å². The summed E-state index contributed by atoms with van der Waals surface area (Å²) in [5.41, 5.74) is 10.2. The van der Waals surface area contributed by atoms with Crippen LogP contribution in [0, 0.1) is 13.8 Å². The van der Waals surface area contributed by atoms with E-state index in [1.807, 2.05) is 12.3 Å². The third-order valence-corrected chi connectivity index (χ3v) is 3.81. The molecular formula is C16H25N5. The predicted molar refractivity (Wildman–Crippen MR) is 84.9 cm³/mol. The largest absolute Gasteiger partial charge is 0.348 e. The SMILES string of the molecule is Cc1cccnc1CNC(CCCN)Cc1nc[nH]c1C. The Morgan fingerprint density at radius 1 is 1.29 bits per heavy atom. The zero-order valence-corrected chi connectivity index (χ0v) is 12.9. The van der Waals surface area contributed by atoms with Gasteiger partial charge in [0.1, 0.15) is 0 Å². The highest BCUT2D eigenvalue weighted by Crippen LogP contribution is 2.10. The maximum atomic E-state index is 5.65. The second-order valence-electron chi connectivity index (χ2n) is 5.45. The number of aryl methyl sites for hydroxylation is 2. The number of aromatic nitrogens is 3. The zero-order chi connectivity index (χ0) is 15.1. The number of aromatic amines is 1. The molecule has 0 aliphatic carbocycles. The average molecular weight is 287 g/mol. The van der Waals surface area contributed by atoms with Crippen molar-refractivity contribution in [3.63, 3.8) is 0 Å². The number of rotatable bonds is 8. The second kappa shape index (κ2) is 7.90. The maximum absolute atomic E-state index is 5.65. The van der Waals surface area contributed by atoms with Crippen LogP contribution in [0.5, 0.6) is 0 Å². The lowest BCUT2D eigenvalue weighted by atomic mass is 10.0. The number of H-pyrrole nitrogens is 1. The van der Waals surface area contributed by atoms with E-state index < -0.39 is 0 Å². The van der Waals surface area contributed by atoms with Crippen LogP contribution in [-0.4, -0.2) is 27.5 Å². The molecule has 0 saturated carbocycles.